The third kappa shape index (κ3) is 3.08. The topological polar surface area (TPSA) is 34.1 Å². The van der Waals surface area contributed by atoms with Gasteiger partial charge in [0.1, 0.15) is 6.10 Å². The van der Waals surface area contributed by atoms with E-state index in [-0.39, 0.29) is 12.1 Å². The first-order valence-corrected chi connectivity index (χ1v) is 6.11. The van der Waals surface area contributed by atoms with Gasteiger partial charge in [-0.1, -0.05) is 36.4 Å². The van der Waals surface area contributed by atoms with Crippen LogP contribution in [-0.2, 0) is 0 Å². The molecule has 0 radical (unpaired) electrons. The third-order valence-corrected chi connectivity index (χ3v) is 2.92. The molecule has 94 valence electrons. The second-order valence-electron chi connectivity index (χ2n) is 4.19. The van der Waals surface area contributed by atoms with Gasteiger partial charge in [0.15, 0.2) is 0 Å². The summed E-state index contributed by atoms with van der Waals surface area (Å²) in [5, 5.41) is 3.23. The van der Waals surface area contributed by atoms with Crippen molar-refractivity contribution in [1.29, 1.82) is 0 Å². The summed E-state index contributed by atoms with van der Waals surface area (Å²) in [4.78, 5) is 4.21. The predicted molar refractivity (Wildman–Crippen MR) is 72.6 cm³/mol. The lowest BCUT2D eigenvalue weighted by atomic mass is 10.0. The monoisotopic (exact) mass is 242 g/mol. The van der Waals surface area contributed by atoms with E-state index in [4.69, 9.17) is 4.74 Å². The Morgan fingerprint density at radius 3 is 2.39 bits per heavy atom. The van der Waals surface area contributed by atoms with Gasteiger partial charge in [-0.05, 0) is 25.6 Å². The van der Waals surface area contributed by atoms with E-state index in [1.807, 2.05) is 43.4 Å². The Labute approximate surface area is 108 Å². The molecule has 0 spiro atoms. The van der Waals surface area contributed by atoms with Gasteiger partial charge in [-0.25, -0.2) is 4.98 Å². The van der Waals surface area contributed by atoms with E-state index in [0.29, 0.717) is 5.88 Å². The molecule has 18 heavy (non-hydrogen) atoms. The zero-order chi connectivity index (χ0) is 12.8. The minimum atomic E-state index is -0.0499. The molecule has 3 heteroatoms. The Hall–Kier alpha value is -1.87. The fraction of sp³-hybridized carbons (Fsp3) is 0.267. The first kappa shape index (κ1) is 12.6. The van der Waals surface area contributed by atoms with Crippen LogP contribution in [0.1, 0.15) is 18.6 Å². The minimum absolute atomic E-state index is 0.0499. The summed E-state index contributed by atoms with van der Waals surface area (Å²) in [6, 6.07) is 16.1. The van der Waals surface area contributed by atoms with Crippen molar-refractivity contribution in [2.75, 3.05) is 7.05 Å². The van der Waals surface area contributed by atoms with Crippen molar-refractivity contribution in [3.8, 4) is 5.88 Å². The largest absolute Gasteiger partial charge is 0.468 e. The lowest BCUT2D eigenvalue weighted by Crippen LogP contribution is -2.32. The molecule has 1 heterocycles. The lowest BCUT2D eigenvalue weighted by Gasteiger charge is -2.24. The van der Waals surface area contributed by atoms with Crippen LogP contribution in [-0.4, -0.2) is 18.1 Å². The van der Waals surface area contributed by atoms with Gasteiger partial charge in [-0.2, -0.15) is 0 Å². The van der Waals surface area contributed by atoms with E-state index < -0.39 is 0 Å². The van der Waals surface area contributed by atoms with Crippen LogP contribution in [0.4, 0.5) is 0 Å². The van der Waals surface area contributed by atoms with Crippen LogP contribution in [0.2, 0.25) is 0 Å². The van der Waals surface area contributed by atoms with Crippen LogP contribution in [0.5, 0.6) is 5.88 Å². The van der Waals surface area contributed by atoms with Gasteiger partial charge in [0.25, 0.3) is 0 Å². The molecule has 1 N–H and O–H groups in total. The normalized spacial score (nSPS) is 13.9. The van der Waals surface area contributed by atoms with Gasteiger partial charge >= 0.3 is 0 Å². The Kier molecular flexibility index (Phi) is 4.31. The number of aromatic nitrogens is 1. The quantitative estimate of drug-likeness (QED) is 0.875. The molecule has 0 aliphatic rings. The number of ether oxygens (including phenoxy) is 1. The molecule has 2 atom stereocenters. The molecular weight excluding hydrogens is 224 g/mol. The van der Waals surface area contributed by atoms with Gasteiger partial charge in [0.2, 0.25) is 5.88 Å². The van der Waals surface area contributed by atoms with Crippen molar-refractivity contribution in [1.82, 2.24) is 10.3 Å². The molecule has 0 unspecified atom stereocenters. The molecule has 0 fully saturated rings. The van der Waals surface area contributed by atoms with Crippen LogP contribution >= 0.6 is 0 Å². The number of hydrogen-bond acceptors (Lipinski definition) is 3. The second-order valence-corrected chi connectivity index (χ2v) is 4.19. The molecule has 2 aromatic rings. The van der Waals surface area contributed by atoms with Gasteiger partial charge in [0.05, 0.1) is 0 Å². The molecule has 0 amide bonds. The number of benzene rings is 1. The molecule has 0 aliphatic carbocycles. The summed E-state index contributed by atoms with van der Waals surface area (Å²) in [7, 11) is 1.93. The summed E-state index contributed by atoms with van der Waals surface area (Å²) in [6.45, 7) is 2.10. The number of hydrogen-bond donors (Lipinski definition) is 1. The van der Waals surface area contributed by atoms with Crippen molar-refractivity contribution >= 4 is 0 Å². The van der Waals surface area contributed by atoms with Crippen LogP contribution < -0.4 is 10.1 Å². The van der Waals surface area contributed by atoms with E-state index in [1.165, 1.54) is 0 Å². The van der Waals surface area contributed by atoms with Crippen LogP contribution in [0.15, 0.2) is 54.7 Å². The average Bonchev–Trinajstić information content (AvgIpc) is 2.46. The first-order valence-electron chi connectivity index (χ1n) is 6.11. The Morgan fingerprint density at radius 1 is 1.06 bits per heavy atom. The third-order valence-electron chi connectivity index (χ3n) is 2.92. The highest BCUT2D eigenvalue weighted by atomic mass is 16.5. The van der Waals surface area contributed by atoms with Crippen LogP contribution in [0.3, 0.4) is 0 Å². The fourth-order valence-corrected chi connectivity index (χ4v) is 1.80. The van der Waals surface area contributed by atoms with Gasteiger partial charge in [-0.15, -0.1) is 0 Å². The number of nitrogens with one attached hydrogen (secondary N) is 1. The fourth-order valence-electron chi connectivity index (χ4n) is 1.80. The molecule has 0 aliphatic heterocycles. The maximum absolute atomic E-state index is 5.98. The highest BCUT2D eigenvalue weighted by Gasteiger charge is 2.20. The van der Waals surface area contributed by atoms with Crippen molar-refractivity contribution in [3.63, 3.8) is 0 Å². The van der Waals surface area contributed by atoms with Crippen LogP contribution in [0, 0.1) is 0 Å². The zero-order valence-electron chi connectivity index (χ0n) is 10.7. The number of nitrogens with zero attached hydrogens (tertiary/aromatic N) is 1. The van der Waals surface area contributed by atoms with E-state index in [1.54, 1.807) is 6.20 Å². The molecular formula is C15H18N2O. The predicted octanol–water partition coefficient (Wildman–Crippen LogP) is 2.81. The van der Waals surface area contributed by atoms with E-state index in [0.717, 1.165) is 5.56 Å². The number of pyridine rings is 1. The highest BCUT2D eigenvalue weighted by Crippen LogP contribution is 2.23. The van der Waals surface area contributed by atoms with Crippen molar-refractivity contribution in [3.05, 3.63) is 60.3 Å². The van der Waals surface area contributed by atoms with Crippen molar-refractivity contribution < 1.29 is 4.74 Å². The zero-order valence-corrected chi connectivity index (χ0v) is 10.7. The lowest BCUT2D eigenvalue weighted by molar-refractivity contribution is 0.159. The Morgan fingerprint density at radius 2 is 1.78 bits per heavy atom. The molecule has 0 saturated heterocycles. The molecule has 1 aromatic carbocycles. The smallest absolute Gasteiger partial charge is 0.213 e. The maximum atomic E-state index is 5.98. The molecule has 0 bridgehead atoms. The molecule has 3 nitrogen and oxygen atoms in total. The maximum Gasteiger partial charge on any atom is 0.213 e. The Bertz CT molecular complexity index is 458. The summed E-state index contributed by atoms with van der Waals surface area (Å²) < 4.78 is 5.98. The average molecular weight is 242 g/mol. The summed E-state index contributed by atoms with van der Waals surface area (Å²) >= 11 is 0. The molecule has 1 aromatic heterocycles. The van der Waals surface area contributed by atoms with Crippen molar-refractivity contribution in [2.45, 2.75) is 19.1 Å². The molecule has 0 saturated carbocycles. The highest BCUT2D eigenvalue weighted by molar-refractivity contribution is 5.21. The summed E-state index contributed by atoms with van der Waals surface area (Å²) in [6.07, 6.45) is 1.69. The molecule has 2 rings (SSSR count). The standard InChI is InChI=1S/C15H18N2O/c1-12(16-2)15(13-8-4-3-5-9-13)18-14-10-6-7-11-17-14/h3-12,15-16H,1-2H3/t12-,15+/m1/s1. The number of likely N-dealkylation sites (N-methyl/N-ethyl adjacent to an activating group) is 1. The van der Waals surface area contributed by atoms with Crippen molar-refractivity contribution in [2.24, 2.45) is 0 Å². The summed E-state index contributed by atoms with van der Waals surface area (Å²) in [5.74, 6) is 0.647. The SMILES string of the molecule is CN[C@H](C)[C@H](Oc1ccccn1)c1ccccc1. The summed E-state index contributed by atoms with van der Waals surface area (Å²) in [5.41, 5.74) is 1.14. The van der Waals surface area contributed by atoms with Gasteiger partial charge < -0.3 is 10.1 Å². The number of rotatable bonds is 5. The van der Waals surface area contributed by atoms with E-state index in [2.05, 4.69) is 29.4 Å². The Balaban J connectivity index is 2.21. The first-order chi connectivity index (χ1) is 8.81. The van der Waals surface area contributed by atoms with Gasteiger partial charge in [-0.3, -0.25) is 0 Å². The van der Waals surface area contributed by atoms with Crippen LogP contribution in [0.25, 0.3) is 0 Å². The van der Waals surface area contributed by atoms with Gasteiger partial charge in [0, 0.05) is 18.3 Å². The minimum Gasteiger partial charge on any atom is -0.468 e. The van der Waals surface area contributed by atoms with E-state index in [9.17, 15) is 0 Å². The second kappa shape index (κ2) is 6.17. The van der Waals surface area contributed by atoms with E-state index >= 15 is 0 Å².